The van der Waals surface area contributed by atoms with Crippen LogP contribution in [0.15, 0.2) is 34.9 Å². The molecule has 4 heterocycles. The lowest BCUT2D eigenvalue weighted by Gasteiger charge is -2.50. The van der Waals surface area contributed by atoms with Gasteiger partial charge in [0.1, 0.15) is 47.0 Å². The van der Waals surface area contributed by atoms with E-state index >= 15 is 0 Å². The number of aliphatic hydroxyl groups is 2. The van der Waals surface area contributed by atoms with Crippen molar-refractivity contribution in [1.82, 2.24) is 24.9 Å². The summed E-state index contributed by atoms with van der Waals surface area (Å²) in [6, 6.07) is 3.58. The number of hydrogen-bond donors (Lipinski definition) is 5. The highest BCUT2D eigenvalue weighted by atomic mass is 32.3. The zero-order valence-electron chi connectivity index (χ0n) is 39.1. The van der Waals surface area contributed by atoms with Gasteiger partial charge in [0.25, 0.3) is 17.9 Å². The number of rotatable bonds is 17. The second-order valence-corrected chi connectivity index (χ2v) is 21.2. The predicted octanol–water partition coefficient (Wildman–Crippen LogP) is 2.30. The van der Waals surface area contributed by atoms with E-state index in [1.54, 1.807) is 90.1 Å². The zero-order chi connectivity index (χ0) is 50.0. The number of benzene rings is 1. The number of nitrogens with zero attached hydrogens (tertiary/aromatic N) is 6. The van der Waals surface area contributed by atoms with Crippen molar-refractivity contribution in [2.24, 2.45) is 11.1 Å². The van der Waals surface area contributed by atoms with Gasteiger partial charge in [0.05, 0.1) is 30.3 Å². The average Bonchev–Trinajstić information content (AvgIpc) is 3.75. The molecule has 67 heavy (non-hydrogen) atoms. The lowest BCUT2D eigenvalue weighted by Crippen LogP contribution is -2.76. The summed E-state index contributed by atoms with van der Waals surface area (Å²) in [5, 5.41) is 31.3. The Bertz CT molecular complexity index is 2480. The van der Waals surface area contributed by atoms with Gasteiger partial charge in [-0.25, -0.2) is 19.4 Å². The highest BCUT2D eigenvalue weighted by Crippen LogP contribution is 2.33. The number of ether oxygens (including phenoxy) is 4. The van der Waals surface area contributed by atoms with E-state index in [0.717, 1.165) is 11.3 Å². The second kappa shape index (κ2) is 19.9. The van der Waals surface area contributed by atoms with Crippen LogP contribution in [0.1, 0.15) is 81.9 Å². The fraction of sp³-hybridized carbons (Fsp3) is 0.610. The van der Waals surface area contributed by atoms with Crippen molar-refractivity contribution in [3.05, 3.63) is 35.5 Å². The SMILES string of the molecule is CC(C)(C)OC(=O)Nc1nc(/C(=N/OC(COc2ccc3c(c2)cn(CC2CN(C(=O)OC(C)(C)C)C2)[n+]3CC(O)CO)C(=O)OC(C)(C)C)C(=O)N[C@@H]2C(=O)N(OS(=O)(=O)O)C2(C)C)cs1. The summed E-state index contributed by atoms with van der Waals surface area (Å²) in [5.74, 6) is -2.76. The first kappa shape index (κ1) is 52.3. The topological polar surface area (TPSA) is 300 Å². The molecule has 2 fully saturated rings. The van der Waals surface area contributed by atoms with Crippen LogP contribution in [0.5, 0.6) is 5.75 Å². The third kappa shape index (κ3) is 14.2. The van der Waals surface area contributed by atoms with Crippen LogP contribution in [-0.2, 0) is 61.2 Å². The van der Waals surface area contributed by atoms with Crippen LogP contribution in [0, 0.1) is 5.92 Å². The molecule has 0 radical (unpaired) electrons. The van der Waals surface area contributed by atoms with E-state index in [1.165, 1.54) is 19.2 Å². The van der Waals surface area contributed by atoms with Gasteiger partial charge in [0, 0.05) is 30.5 Å². The number of thiazole rings is 1. The summed E-state index contributed by atoms with van der Waals surface area (Å²) < 4.78 is 62.4. The summed E-state index contributed by atoms with van der Waals surface area (Å²) in [5.41, 5.74) is -4.16. The van der Waals surface area contributed by atoms with Crippen LogP contribution in [0.4, 0.5) is 14.7 Å². The van der Waals surface area contributed by atoms with E-state index in [2.05, 4.69) is 25.1 Å². The number of aromatic nitrogens is 3. The van der Waals surface area contributed by atoms with Gasteiger partial charge in [-0.1, -0.05) is 5.16 Å². The maximum Gasteiger partial charge on any atom is 0.418 e. The Hall–Kier alpha value is -5.67. The van der Waals surface area contributed by atoms with Gasteiger partial charge < -0.3 is 44.2 Å². The molecule has 0 aliphatic carbocycles. The van der Waals surface area contributed by atoms with Gasteiger partial charge in [0.2, 0.25) is 12.1 Å². The van der Waals surface area contributed by atoms with Crippen LogP contribution in [0.2, 0.25) is 0 Å². The third-order valence-electron chi connectivity index (χ3n) is 9.56. The first-order valence-corrected chi connectivity index (χ1v) is 23.2. The Morgan fingerprint density at radius 1 is 1.01 bits per heavy atom. The number of hydrogen-bond acceptors (Lipinski definition) is 18. The molecule has 2 aliphatic heterocycles. The number of nitrogens with one attached hydrogen (secondary N) is 2. The lowest BCUT2D eigenvalue weighted by atomic mass is 9.84. The van der Waals surface area contributed by atoms with Gasteiger partial charge in [-0.3, -0.25) is 19.5 Å². The van der Waals surface area contributed by atoms with E-state index < -0.39 is 99.9 Å². The Labute approximate surface area is 390 Å². The van der Waals surface area contributed by atoms with Crippen molar-refractivity contribution in [2.75, 3.05) is 31.6 Å². The van der Waals surface area contributed by atoms with E-state index in [4.69, 9.17) is 23.8 Å². The van der Waals surface area contributed by atoms with Gasteiger partial charge in [0.15, 0.2) is 10.8 Å². The fourth-order valence-electron chi connectivity index (χ4n) is 6.62. The second-order valence-electron chi connectivity index (χ2n) is 19.4. The number of fused-ring (bicyclic) bond motifs is 1. The van der Waals surface area contributed by atoms with Crippen LogP contribution >= 0.6 is 11.3 Å². The number of hydroxylamine groups is 2. The van der Waals surface area contributed by atoms with Crippen molar-refractivity contribution < 1.29 is 79.9 Å². The number of esters is 1. The monoisotopic (exact) mass is 983 g/mol. The molecule has 3 atom stereocenters. The minimum atomic E-state index is -5.11. The number of carbonyl (C=O) groups is 5. The van der Waals surface area contributed by atoms with Crippen molar-refractivity contribution in [2.45, 2.75) is 130 Å². The van der Waals surface area contributed by atoms with E-state index in [9.17, 15) is 47.2 Å². The molecule has 26 heteroatoms. The number of likely N-dealkylation sites (tertiary alicyclic amines) is 1. The van der Waals surface area contributed by atoms with Crippen molar-refractivity contribution >= 4 is 73.5 Å². The van der Waals surface area contributed by atoms with E-state index in [0.29, 0.717) is 35.6 Å². The molecule has 3 aromatic rings. The lowest BCUT2D eigenvalue weighted by molar-refractivity contribution is -0.759. The first-order chi connectivity index (χ1) is 30.8. The highest BCUT2D eigenvalue weighted by molar-refractivity contribution is 7.80. The first-order valence-electron chi connectivity index (χ1n) is 21.0. The molecule has 0 bridgehead atoms. The molecule has 2 aliphatic rings. The van der Waals surface area contributed by atoms with Crippen LogP contribution in [-0.4, -0.2) is 145 Å². The Kier molecular flexibility index (Phi) is 15.5. The molecule has 0 spiro atoms. The van der Waals surface area contributed by atoms with Gasteiger partial charge in [-0.05, 0) is 88.3 Å². The average molecular weight is 984 g/mol. The zero-order valence-corrected chi connectivity index (χ0v) is 40.7. The summed E-state index contributed by atoms with van der Waals surface area (Å²) >= 11 is 0.874. The van der Waals surface area contributed by atoms with Gasteiger partial charge in [-0.15, -0.1) is 20.3 Å². The van der Waals surface area contributed by atoms with Crippen LogP contribution in [0.25, 0.3) is 10.9 Å². The van der Waals surface area contributed by atoms with E-state index in [1.807, 2.05) is 10.9 Å². The quantitative estimate of drug-likeness (QED) is 0.0247. The third-order valence-corrected chi connectivity index (χ3v) is 10.7. The summed E-state index contributed by atoms with van der Waals surface area (Å²) in [7, 11) is -5.11. The summed E-state index contributed by atoms with van der Waals surface area (Å²) in [6.45, 7) is 18.3. The van der Waals surface area contributed by atoms with Crippen molar-refractivity contribution in [3.63, 3.8) is 0 Å². The highest BCUT2D eigenvalue weighted by Gasteiger charge is 2.58. The predicted molar refractivity (Wildman–Crippen MR) is 237 cm³/mol. The Balaban J connectivity index is 1.41. The molecule has 2 aromatic heterocycles. The number of carbonyl (C=O) groups excluding carboxylic acids is 5. The maximum atomic E-state index is 14.0. The molecule has 0 saturated carbocycles. The standard InChI is InChI=1S/C41H58N8O16S2/c1-38(2,3)61-34(54)29(21-60-26-12-13-28-24(14-26)18-47(48(28)19-25(51)20-50)17-23-15-46(16-23)37(56)63-40(7,8)9)64-45-30(27-22-66-35(42-27)44-36(55)62-39(4,5)6)32(52)43-31-33(53)49(41(31,10)11)65-67(57,58)59/h12-14,18,22-23,25,29,31,50-51H,15-17,19-21H2,1-11H3,(H2-,42,43,44,52,55,57,58,59)/p+1/b45-30-/t25?,29?,31-/m1/s1. The number of β-lactam (4-membered cyclic amide) rings is 1. The Morgan fingerprint density at radius 2 is 1.66 bits per heavy atom. The molecule has 1 aromatic carbocycles. The minimum absolute atomic E-state index is 0.0311. The van der Waals surface area contributed by atoms with Crippen LogP contribution in [0.3, 0.4) is 0 Å². The number of aliphatic hydroxyl groups excluding tert-OH is 2. The smallest absolute Gasteiger partial charge is 0.418 e. The van der Waals surface area contributed by atoms with Gasteiger partial charge >= 0.3 is 28.6 Å². The fourth-order valence-corrected chi connectivity index (χ4v) is 7.75. The largest absolute Gasteiger partial charge is 0.489 e. The minimum Gasteiger partial charge on any atom is -0.489 e. The normalized spacial score (nSPS) is 17.8. The Morgan fingerprint density at radius 3 is 2.24 bits per heavy atom. The number of anilines is 1. The number of amides is 4. The molecule has 370 valence electrons. The summed E-state index contributed by atoms with van der Waals surface area (Å²) in [4.78, 5) is 77.1. The van der Waals surface area contributed by atoms with Gasteiger partial charge in [-0.2, -0.15) is 18.2 Å². The maximum absolute atomic E-state index is 14.0. The van der Waals surface area contributed by atoms with Crippen molar-refractivity contribution in [3.8, 4) is 5.75 Å². The molecule has 4 amide bonds. The molecular weight excluding hydrogens is 925 g/mol. The number of oxime groups is 1. The summed E-state index contributed by atoms with van der Waals surface area (Å²) in [6.07, 6.45) is -2.16. The molecule has 5 rings (SSSR count). The van der Waals surface area contributed by atoms with E-state index in [-0.39, 0.29) is 29.0 Å². The van der Waals surface area contributed by atoms with Crippen LogP contribution < -0.4 is 20.1 Å². The molecule has 2 unspecified atom stereocenters. The van der Waals surface area contributed by atoms with Crippen molar-refractivity contribution in [1.29, 1.82) is 0 Å². The molecular formula is C41H59N8O16S2+. The molecule has 5 N–H and O–H groups in total. The molecule has 2 saturated heterocycles. The molecule has 24 nitrogen and oxygen atoms in total.